The number of aromatic amines is 1. The number of imidazole rings is 1. The van der Waals surface area contributed by atoms with E-state index >= 15 is 0 Å². The van der Waals surface area contributed by atoms with Gasteiger partial charge in [-0.05, 0) is 18.4 Å². The minimum absolute atomic E-state index is 0.0258. The Balaban J connectivity index is 0.000000366. The van der Waals surface area contributed by atoms with Crippen LogP contribution in [0.3, 0.4) is 0 Å². The highest BCUT2D eigenvalue weighted by Crippen LogP contribution is 2.22. The first kappa shape index (κ1) is 28.8. The molecule has 33 heavy (non-hydrogen) atoms. The Labute approximate surface area is 198 Å². The summed E-state index contributed by atoms with van der Waals surface area (Å²) in [6.45, 7) is 4.25. The molecular weight excluding hydrogens is 444 g/mol. The van der Waals surface area contributed by atoms with Gasteiger partial charge in [0.15, 0.2) is 0 Å². The lowest BCUT2D eigenvalue weighted by atomic mass is 10.1. The number of H-pyrrole nitrogens is 1. The maximum atomic E-state index is 12.1. The third-order valence-corrected chi connectivity index (χ3v) is 5.46. The Morgan fingerprint density at radius 1 is 1.06 bits per heavy atom. The summed E-state index contributed by atoms with van der Waals surface area (Å²) in [5.74, 6) is 0.642. The van der Waals surface area contributed by atoms with E-state index in [0.717, 1.165) is 37.1 Å². The van der Waals surface area contributed by atoms with E-state index in [1.807, 2.05) is 54.3 Å². The summed E-state index contributed by atoms with van der Waals surface area (Å²) < 4.78 is 41.5. The second-order valence-electron chi connectivity index (χ2n) is 7.87. The van der Waals surface area contributed by atoms with Crippen LogP contribution in [-0.2, 0) is 37.6 Å². The molecule has 0 amide bonds. The molecule has 1 aromatic heterocycles. The Hall–Kier alpha value is -2.23. The molecular formula is C24H38N2O6S. The van der Waals surface area contributed by atoms with Crippen LogP contribution >= 0.6 is 0 Å². The number of rotatable bonds is 14. The summed E-state index contributed by atoms with van der Waals surface area (Å²) >= 11 is 0. The maximum absolute atomic E-state index is 12.1. The highest BCUT2D eigenvalue weighted by molar-refractivity contribution is 7.80. The number of hydrogen-bond acceptors (Lipinski definition) is 6. The first-order chi connectivity index (χ1) is 15.8. The number of ether oxygens (including phenoxy) is 1. The molecule has 0 fully saturated rings. The fraction of sp³-hybridized carbons (Fsp3) is 0.583. The third kappa shape index (κ3) is 13.8. The molecule has 0 saturated heterocycles. The van der Waals surface area contributed by atoms with Crippen molar-refractivity contribution in [2.75, 3.05) is 6.61 Å². The third-order valence-electron chi connectivity index (χ3n) is 5.01. The average molecular weight is 483 g/mol. The highest BCUT2D eigenvalue weighted by Gasteiger charge is 2.19. The molecule has 8 nitrogen and oxygen atoms in total. The molecule has 1 heterocycles. The second-order valence-corrected chi connectivity index (χ2v) is 8.92. The second kappa shape index (κ2) is 16.4. The van der Waals surface area contributed by atoms with Crippen LogP contribution < -0.4 is 4.57 Å². The molecule has 0 aliphatic rings. The molecule has 0 bridgehead atoms. The summed E-state index contributed by atoms with van der Waals surface area (Å²) in [6, 6.07) is 9.91. The quantitative estimate of drug-likeness (QED) is 0.141. The van der Waals surface area contributed by atoms with Crippen LogP contribution in [-0.4, -0.2) is 30.5 Å². The monoisotopic (exact) mass is 482 g/mol. The van der Waals surface area contributed by atoms with Gasteiger partial charge in [-0.25, -0.2) is 18.0 Å². The van der Waals surface area contributed by atoms with Crippen molar-refractivity contribution in [3.63, 3.8) is 0 Å². The van der Waals surface area contributed by atoms with Crippen molar-refractivity contribution in [1.82, 2.24) is 4.98 Å². The predicted octanol–water partition coefficient (Wildman–Crippen LogP) is 4.29. The molecule has 1 atom stereocenters. The van der Waals surface area contributed by atoms with Gasteiger partial charge in [-0.2, -0.15) is 0 Å². The summed E-state index contributed by atoms with van der Waals surface area (Å²) in [5.41, 5.74) is 1.05. The van der Waals surface area contributed by atoms with Crippen molar-refractivity contribution in [2.45, 2.75) is 77.7 Å². The number of esters is 1. The summed E-state index contributed by atoms with van der Waals surface area (Å²) in [4.78, 5) is 15.1. The number of nitrogens with zero attached hydrogens (tertiary/aromatic N) is 1. The maximum Gasteiger partial charge on any atom is 0.318 e. The number of aromatic nitrogens is 2. The molecule has 1 aromatic carbocycles. The largest absolute Gasteiger partial charge is 0.726 e. The van der Waals surface area contributed by atoms with Crippen molar-refractivity contribution in [3.05, 3.63) is 54.1 Å². The summed E-state index contributed by atoms with van der Waals surface area (Å²) in [7, 11) is -2.57. The Kier molecular flexibility index (Phi) is 14.3. The van der Waals surface area contributed by atoms with Crippen LogP contribution in [0.5, 0.6) is 0 Å². The van der Waals surface area contributed by atoms with E-state index in [2.05, 4.69) is 23.0 Å². The lowest BCUT2D eigenvalue weighted by Crippen LogP contribution is -2.32. The molecule has 2 rings (SSSR count). The minimum atomic E-state index is -4.47. The average Bonchev–Trinajstić information content (AvgIpc) is 3.17. The molecule has 186 valence electrons. The molecule has 0 unspecified atom stereocenters. The van der Waals surface area contributed by atoms with Gasteiger partial charge in [0.25, 0.3) is 5.82 Å². The van der Waals surface area contributed by atoms with Gasteiger partial charge in [0, 0.05) is 0 Å². The standard InChI is InChI=1S/C16H20N2O2.C8H18O4S/c1-3-7-14(13-8-5-4-6-9-13)20-16(19)12-15-17-10-11-18(15)2;1-2-3-4-5-6-7-8-12-13(9,10)11/h4-6,8-11,14H,3,7,12H2,1-2H3;2-8H2,1H3,(H,9,10,11)/t14-;/m0./s1. The first-order valence-corrected chi connectivity index (χ1v) is 13.0. The van der Waals surface area contributed by atoms with Crippen LogP contribution in [0.2, 0.25) is 0 Å². The van der Waals surface area contributed by atoms with E-state index in [1.54, 1.807) is 0 Å². The van der Waals surface area contributed by atoms with Gasteiger partial charge in [0.1, 0.15) is 24.9 Å². The first-order valence-electron chi connectivity index (χ1n) is 11.6. The molecule has 0 aliphatic heterocycles. The van der Waals surface area contributed by atoms with Crippen LogP contribution in [0.25, 0.3) is 0 Å². The number of benzene rings is 1. The molecule has 0 radical (unpaired) electrons. The Morgan fingerprint density at radius 3 is 2.30 bits per heavy atom. The highest BCUT2D eigenvalue weighted by atomic mass is 32.3. The van der Waals surface area contributed by atoms with Gasteiger partial charge in [-0.3, -0.25) is 8.98 Å². The van der Waals surface area contributed by atoms with E-state index in [1.165, 1.54) is 19.3 Å². The van der Waals surface area contributed by atoms with E-state index in [4.69, 9.17) is 4.74 Å². The van der Waals surface area contributed by atoms with Gasteiger partial charge < -0.3 is 9.29 Å². The predicted molar refractivity (Wildman–Crippen MR) is 125 cm³/mol. The molecule has 1 N–H and O–H groups in total. The van der Waals surface area contributed by atoms with Crippen LogP contribution in [0.4, 0.5) is 0 Å². The number of unbranched alkanes of at least 4 members (excludes halogenated alkanes) is 5. The van der Waals surface area contributed by atoms with E-state index in [0.29, 0.717) is 6.42 Å². The van der Waals surface area contributed by atoms with Gasteiger partial charge in [-0.15, -0.1) is 0 Å². The van der Waals surface area contributed by atoms with Crippen LogP contribution in [0, 0.1) is 0 Å². The number of carbonyl (C=O) groups is 1. The van der Waals surface area contributed by atoms with Crippen molar-refractivity contribution in [2.24, 2.45) is 7.05 Å². The van der Waals surface area contributed by atoms with E-state index in [-0.39, 0.29) is 25.1 Å². The number of carbonyl (C=O) groups excluding carboxylic acids is 1. The van der Waals surface area contributed by atoms with Gasteiger partial charge in [0.2, 0.25) is 10.4 Å². The molecule has 0 saturated carbocycles. The Morgan fingerprint density at radius 2 is 1.73 bits per heavy atom. The molecule has 2 aromatic rings. The topological polar surface area (TPSA) is 112 Å². The number of aryl methyl sites for hydroxylation is 1. The zero-order valence-electron chi connectivity index (χ0n) is 20.0. The van der Waals surface area contributed by atoms with Crippen molar-refractivity contribution < 1.29 is 31.3 Å². The zero-order chi connectivity index (χ0) is 24.5. The van der Waals surface area contributed by atoms with Gasteiger partial charge in [0.05, 0.1) is 13.7 Å². The summed E-state index contributed by atoms with van der Waals surface area (Å²) in [5, 5.41) is 0. The number of hydrogen-bond donors (Lipinski definition) is 1. The number of nitrogens with one attached hydrogen (secondary N) is 1. The lowest BCUT2D eigenvalue weighted by molar-refractivity contribution is -0.677. The van der Waals surface area contributed by atoms with Crippen LogP contribution in [0.15, 0.2) is 42.7 Å². The molecule has 0 spiro atoms. The van der Waals surface area contributed by atoms with Crippen molar-refractivity contribution in [3.8, 4) is 0 Å². The lowest BCUT2D eigenvalue weighted by Gasteiger charge is -2.17. The van der Waals surface area contributed by atoms with E-state index < -0.39 is 10.4 Å². The summed E-state index contributed by atoms with van der Waals surface area (Å²) in [6.07, 6.45) is 11.8. The van der Waals surface area contributed by atoms with Crippen molar-refractivity contribution >= 4 is 16.4 Å². The van der Waals surface area contributed by atoms with Crippen LogP contribution in [0.1, 0.15) is 82.7 Å². The minimum Gasteiger partial charge on any atom is -0.726 e. The van der Waals surface area contributed by atoms with Crippen molar-refractivity contribution in [1.29, 1.82) is 0 Å². The normalized spacial score (nSPS) is 12.0. The Bertz CT molecular complexity index is 883. The molecule has 9 heteroatoms. The SMILES string of the molecule is CCCCCCCCOS(=O)(=O)[O-].CCC[C@H](OC(=O)Cc1[nH]cc[n+]1C)c1ccccc1. The van der Waals surface area contributed by atoms with Gasteiger partial charge in [-0.1, -0.05) is 82.7 Å². The molecule has 0 aliphatic carbocycles. The van der Waals surface area contributed by atoms with E-state index in [9.17, 15) is 17.8 Å². The smallest absolute Gasteiger partial charge is 0.318 e. The zero-order valence-corrected chi connectivity index (χ0v) is 20.8. The fourth-order valence-electron chi connectivity index (χ4n) is 3.22. The van der Waals surface area contributed by atoms with Gasteiger partial charge >= 0.3 is 5.97 Å². The fourth-order valence-corrected chi connectivity index (χ4v) is 3.54.